The first-order valence-corrected chi connectivity index (χ1v) is 7.22. The fourth-order valence-corrected chi connectivity index (χ4v) is 2.15. The van der Waals surface area contributed by atoms with E-state index in [0.29, 0.717) is 5.56 Å². The van der Waals surface area contributed by atoms with Gasteiger partial charge in [0.1, 0.15) is 5.82 Å². The largest absolute Gasteiger partial charge is 0.455 e. The van der Waals surface area contributed by atoms with Crippen LogP contribution in [-0.4, -0.2) is 18.5 Å². The number of benzene rings is 2. The van der Waals surface area contributed by atoms with Crippen molar-refractivity contribution in [2.24, 2.45) is 0 Å². The van der Waals surface area contributed by atoms with E-state index < -0.39 is 11.9 Å². The molecule has 0 aromatic heterocycles. The van der Waals surface area contributed by atoms with E-state index >= 15 is 0 Å². The van der Waals surface area contributed by atoms with Crippen LogP contribution in [0.4, 0.5) is 10.1 Å². The summed E-state index contributed by atoms with van der Waals surface area (Å²) in [6.45, 7) is 3.43. The molecule has 1 amide bonds. The van der Waals surface area contributed by atoms with Gasteiger partial charge in [0, 0.05) is 5.69 Å². The number of aryl methyl sites for hydroxylation is 2. The highest BCUT2D eigenvalue weighted by Crippen LogP contribution is 2.19. The van der Waals surface area contributed by atoms with E-state index in [9.17, 15) is 14.0 Å². The van der Waals surface area contributed by atoms with Crippen molar-refractivity contribution in [2.75, 3.05) is 11.9 Å². The third-order valence-electron chi connectivity index (χ3n) is 3.37. The number of hydrogen-bond donors (Lipinski definition) is 1. The van der Waals surface area contributed by atoms with Crippen LogP contribution in [0.15, 0.2) is 42.5 Å². The van der Waals surface area contributed by atoms with Crippen LogP contribution in [0.2, 0.25) is 0 Å². The number of halogens is 1. The predicted octanol–water partition coefficient (Wildman–Crippen LogP) is 3.17. The Bertz CT molecular complexity index is 690. The quantitative estimate of drug-likeness (QED) is 0.862. The van der Waals surface area contributed by atoms with Crippen LogP contribution >= 0.6 is 0 Å². The number of nitrogens with one attached hydrogen (secondary N) is 1. The molecule has 2 aromatic rings. The molecular weight excluding hydrogens is 297 g/mol. The van der Waals surface area contributed by atoms with Crippen molar-refractivity contribution in [3.05, 3.63) is 65.0 Å². The molecule has 120 valence electrons. The van der Waals surface area contributed by atoms with E-state index in [1.54, 1.807) is 0 Å². The fraction of sp³-hybridized carbons (Fsp3) is 0.222. The van der Waals surface area contributed by atoms with Crippen molar-refractivity contribution in [1.82, 2.24) is 0 Å². The number of anilines is 1. The Balaban J connectivity index is 1.84. The molecule has 4 nitrogen and oxygen atoms in total. The lowest BCUT2D eigenvalue weighted by atomic mass is 10.1. The number of ether oxygens (including phenoxy) is 1. The van der Waals surface area contributed by atoms with Gasteiger partial charge in [-0.3, -0.25) is 9.59 Å². The van der Waals surface area contributed by atoms with E-state index in [-0.39, 0.29) is 18.8 Å². The van der Waals surface area contributed by atoms with E-state index in [1.165, 1.54) is 24.3 Å². The van der Waals surface area contributed by atoms with Crippen molar-refractivity contribution in [3.8, 4) is 0 Å². The Kier molecular flexibility index (Phi) is 5.46. The van der Waals surface area contributed by atoms with Crippen LogP contribution in [0.1, 0.15) is 16.7 Å². The third kappa shape index (κ3) is 4.92. The number of carbonyl (C=O) groups is 2. The van der Waals surface area contributed by atoms with Gasteiger partial charge in [0.15, 0.2) is 6.61 Å². The SMILES string of the molecule is Cc1cccc(C)c1NC(=O)COC(=O)Cc1ccc(F)cc1. The van der Waals surface area contributed by atoms with Crippen LogP contribution in [-0.2, 0) is 20.7 Å². The average Bonchev–Trinajstić information content (AvgIpc) is 2.51. The Morgan fingerprint density at radius 2 is 1.65 bits per heavy atom. The summed E-state index contributed by atoms with van der Waals surface area (Å²) in [5.74, 6) is -1.29. The first-order valence-electron chi connectivity index (χ1n) is 7.22. The summed E-state index contributed by atoms with van der Waals surface area (Å²) in [5.41, 5.74) is 3.24. The van der Waals surface area contributed by atoms with E-state index in [0.717, 1.165) is 16.8 Å². The van der Waals surface area contributed by atoms with Gasteiger partial charge < -0.3 is 10.1 Å². The third-order valence-corrected chi connectivity index (χ3v) is 3.37. The molecule has 0 unspecified atom stereocenters. The van der Waals surface area contributed by atoms with Crippen molar-refractivity contribution in [2.45, 2.75) is 20.3 Å². The molecule has 0 aliphatic rings. The van der Waals surface area contributed by atoms with Gasteiger partial charge in [0.2, 0.25) is 0 Å². The van der Waals surface area contributed by atoms with Crippen LogP contribution in [0.3, 0.4) is 0 Å². The molecule has 0 saturated heterocycles. The molecule has 0 aliphatic heterocycles. The number of rotatable bonds is 5. The number of carbonyl (C=O) groups excluding carboxylic acids is 2. The Labute approximate surface area is 134 Å². The number of para-hydroxylation sites is 1. The minimum atomic E-state index is -0.534. The number of hydrogen-bond acceptors (Lipinski definition) is 3. The minimum Gasteiger partial charge on any atom is -0.455 e. The van der Waals surface area contributed by atoms with Gasteiger partial charge in [0.05, 0.1) is 6.42 Å². The van der Waals surface area contributed by atoms with E-state index in [2.05, 4.69) is 5.32 Å². The monoisotopic (exact) mass is 315 g/mol. The van der Waals surface area contributed by atoms with E-state index in [1.807, 2.05) is 32.0 Å². The molecule has 0 aliphatic carbocycles. The highest BCUT2D eigenvalue weighted by molar-refractivity contribution is 5.94. The molecule has 0 saturated carbocycles. The lowest BCUT2D eigenvalue weighted by Gasteiger charge is -2.11. The zero-order valence-electron chi connectivity index (χ0n) is 13.1. The molecule has 23 heavy (non-hydrogen) atoms. The summed E-state index contributed by atoms with van der Waals surface area (Å²) in [4.78, 5) is 23.6. The first-order chi connectivity index (χ1) is 11.0. The molecule has 0 heterocycles. The van der Waals surface area contributed by atoms with Crippen molar-refractivity contribution in [1.29, 1.82) is 0 Å². The topological polar surface area (TPSA) is 55.4 Å². The van der Waals surface area contributed by atoms with Crippen LogP contribution in [0.25, 0.3) is 0 Å². The summed E-state index contributed by atoms with van der Waals surface area (Å²) in [6, 6.07) is 11.3. The zero-order chi connectivity index (χ0) is 16.8. The molecule has 0 fully saturated rings. The fourth-order valence-electron chi connectivity index (χ4n) is 2.15. The zero-order valence-corrected chi connectivity index (χ0v) is 13.1. The second kappa shape index (κ2) is 7.54. The summed E-state index contributed by atoms with van der Waals surface area (Å²) >= 11 is 0. The van der Waals surface area contributed by atoms with Crippen LogP contribution in [0.5, 0.6) is 0 Å². The van der Waals surface area contributed by atoms with Crippen molar-refractivity contribution >= 4 is 17.6 Å². The lowest BCUT2D eigenvalue weighted by molar-refractivity contribution is -0.146. The predicted molar refractivity (Wildman–Crippen MR) is 85.6 cm³/mol. The lowest BCUT2D eigenvalue weighted by Crippen LogP contribution is -2.22. The van der Waals surface area contributed by atoms with Gasteiger partial charge in [-0.1, -0.05) is 30.3 Å². The maximum absolute atomic E-state index is 12.8. The standard InChI is InChI=1S/C18H18FNO3/c1-12-4-3-5-13(2)18(12)20-16(21)11-23-17(22)10-14-6-8-15(19)9-7-14/h3-9H,10-11H2,1-2H3,(H,20,21). The first kappa shape index (κ1) is 16.7. The molecule has 2 aromatic carbocycles. The second-order valence-corrected chi connectivity index (χ2v) is 5.28. The molecule has 2 rings (SSSR count). The summed E-state index contributed by atoms with van der Waals surface area (Å²) < 4.78 is 17.7. The Morgan fingerprint density at radius 1 is 1.04 bits per heavy atom. The highest BCUT2D eigenvalue weighted by Gasteiger charge is 2.11. The highest BCUT2D eigenvalue weighted by atomic mass is 19.1. The average molecular weight is 315 g/mol. The van der Waals surface area contributed by atoms with Crippen molar-refractivity contribution in [3.63, 3.8) is 0 Å². The summed E-state index contributed by atoms with van der Waals surface area (Å²) in [7, 11) is 0. The van der Waals surface area contributed by atoms with Gasteiger partial charge in [-0.25, -0.2) is 4.39 Å². The normalized spacial score (nSPS) is 10.2. The van der Waals surface area contributed by atoms with Crippen LogP contribution < -0.4 is 5.32 Å². The number of esters is 1. The van der Waals surface area contributed by atoms with Gasteiger partial charge >= 0.3 is 5.97 Å². The summed E-state index contributed by atoms with van der Waals surface area (Å²) in [5, 5.41) is 2.74. The molecule has 0 bridgehead atoms. The smallest absolute Gasteiger partial charge is 0.310 e. The molecule has 0 radical (unpaired) electrons. The number of amides is 1. The molecule has 0 atom stereocenters. The van der Waals surface area contributed by atoms with Gasteiger partial charge in [0.25, 0.3) is 5.91 Å². The molecular formula is C18H18FNO3. The summed E-state index contributed by atoms with van der Waals surface area (Å²) in [6.07, 6.45) is -0.00302. The van der Waals surface area contributed by atoms with Gasteiger partial charge in [-0.05, 0) is 42.7 Å². The molecule has 0 spiro atoms. The Morgan fingerprint density at radius 3 is 2.26 bits per heavy atom. The van der Waals surface area contributed by atoms with Gasteiger partial charge in [-0.15, -0.1) is 0 Å². The minimum absolute atomic E-state index is 0.00302. The molecule has 1 N–H and O–H groups in total. The maximum Gasteiger partial charge on any atom is 0.310 e. The van der Waals surface area contributed by atoms with Crippen molar-refractivity contribution < 1.29 is 18.7 Å². The van der Waals surface area contributed by atoms with Gasteiger partial charge in [-0.2, -0.15) is 0 Å². The second-order valence-electron chi connectivity index (χ2n) is 5.28. The van der Waals surface area contributed by atoms with E-state index in [4.69, 9.17) is 4.74 Å². The Hall–Kier alpha value is -2.69. The maximum atomic E-state index is 12.8. The molecule has 5 heteroatoms. The van der Waals surface area contributed by atoms with Crippen LogP contribution in [0, 0.1) is 19.7 Å².